The van der Waals surface area contributed by atoms with Gasteiger partial charge in [0.15, 0.2) is 0 Å². The van der Waals surface area contributed by atoms with Crippen molar-refractivity contribution >= 4 is 27.8 Å². The Kier molecular flexibility index (Phi) is 7.81. The van der Waals surface area contributed by atoms with E-state index in [2.05, 4.69) is 10.5 Å². The molecule has 0 aliphatic heterocycles. The molecule has 0 heterocycles. The van der Waals surface area contributed by atoms with Gasteiger partial charge in [-0.05, 0) is 42.7 Å². The van der Waals surface area contributed by atoms with Gasteiger partial charge in [-0.3, -0.25) is 4.79 Å². The fourth-order valence-corrected chi connectivity index (χ4v) is 5.38. The van der Waals surface area contributed by atoms with Crippen LogP contribution in [-0.2, 0) is 14.8 Å². The summed E-state index contributed by atoms with van der Waals surface area (Å²) in [4.78, 5) is 14.8. The van der Waals surface area contributed by atoms with Crippen LogP contribution in [0.15, 0.2) is 64.6 Å². The van der Waals surface area contributed by atoms with Crippen LogP contribution in [0.5, 0.6) is 0 Å². The van der Waals surface area contributed by atoms with E-state index in [0.717, 1.165) is 43.4 Å². The van der Waals surface area contributed by atoms with E-state index in [1.807, 2.05) is 43.3 Å². The van der Waals surface area contributed by atoms with Crippen molar-refractivity contribution in [2.75, 3.05) is 25.5 Å². The molecule has 0 bridgehead atoms. The number of carbonyl (C=O) groups excluding carboxylic acids is 1. The molecule has 8 heteroatoms. The molecule has 0 aromatic heterocycles. The topological polar surface area (TPSA) is 82.1 Å². The lowest BCUT2D eigenvalue weighted by Gasteiger charge is -2.32. The lowest BCUT2D eigenvalue weighted by Crippen LogP contribution is -2.46. The first-order valence-electron chi connectivity index (χ1n) is 10.5. The van der Waals surface area contributed by atoms with Crippen molar-refractivity contribution in [3.8, 4) is 0 Å². The Hall–Kier alpha value is -2.71. The third kappa shape index (κ3) is 6.15. The highest BCUT2D eigenvalue weighted by molar-refractivity contribution is 7.89. The minimum Gasteiger partial charge on any atom is -0.378 e. The molecule has 0 atom stereocenters. The summed E-state index contributed by atoms with van der Waals surface area (Å²) in [5, 5.41) is 4.01. The predicted octanol–water partition coefficient (Wildman–Crippen LogP) is 3.23. The first-order chi connectivity index (χ1) is 14.9. The zero-order valence-electron chi connectivity index (χ0n) is 18.1. The average Bonchev–Trinajstić information content (AvgIpc) is 2.79. The number of carbonyl (C=O) groups is 1. The van der Waals surface area contributed by atoms with Crippen LogP contribution < -0.4 is 10.3 Å². The fraction of sp³-hybridized carbons (Fsp3) is 0.391. The van der Waals surface area contributed by atoms with Gasteiger partial charge in [-0.1, -0.05) is 49.6 Å². The van der Waals surface area contributed by atoms with Crippen LogP contribution in [0.4, 0.5) is 5.69 Å². The number of benzene rings is 2. The van der Waals surface area contributed by atoms with Gasteiger partial charge in [0.1, 0.15) is 0 Å². The molecule has 0 unspecified atom stereocenters. The summed E-state index contributed by atoms with van der Waals surface area (Å²) in [7, 11) is 0.156. The molecule has 3 rings (SSSR count). The second-order valence-corrected chi connectivity index (χ2v) is 9.82. The molecule has 166 valence electrons. The highest BCUT2D eigenvalue weighted by Gasteiger charge is 2.33. The van der Waals surface area contributed by atoms with Crippen molar-refractivity contribution in [2.45, 2.75) is 43.0 Å². The maximum Gasteiger partial charge on any atom is 0.255 e. The van der Waals surface area contributed by atoms with Crippen LogP contribution in [0.3, 0.4) is 0 Å². The monoisotopic (exact) mass is 442 g/mol. The summed E-state index contributed by atoms with van der Waals surface area (Å²) < 4.78 is 27.9. The summed E-state index contributed by atoms with van der Waals surface area (Å²) in [5.74, 6) is -0.453. The number of nitrogens with zero attached hydrogens (tertiary/aromatic N) is 3. The van der Waals surface area contributed by atoms with E-state index in [1.54, 1.807) is 36.5 Å². The average molecular weight is 443 g/mol. The van der Waals surface area contributed by atoms with E-state index in [9.17, 15) is 13.2 Å². The van der Waals surface area contributed by atoms with E-state index in [-0.39, 0.29) is 17.5 Å². The molecule has 2 aromatic rings. The Balaban J connectivity index is 1.69. The van der Waals surface area contributed by atoms with Crippen molar-refractivity contribution in [1.82, 2.24) is 9.73 Å². The second kappa shape index (κ2) is 10.5. The first kappa shape index (κ1) is 23.0. The van der Waals surface area contributed by atoms with Gasteiger partial charge in [0.05, 0.1) is 17.7 Å². The van der Waals surface area contributed by atoms with Crippen LogP contribution in [0.2, 0.25) is 0 Å². The van der Waals surface area contributed by atoms with Gasteiger partial charge in [0.25, 0.3) is 5.91 Å². The predicted molar refractivity (Wildman–Crippen MR) is 124 cm³/mol. The number of hydrazone groups is 1. The van der Waals surface area contributed by atoms with E-state index in [1.165, 1.54) is 4.31 Å². The molecular formula is C23H30N4O3S. The third-order valence-corrected chi connectivity index (χ3v) is 7.36. The fourth-order valence-electron chi connectivity index (χ4n) is 3.72. The van der Waals surface area contributed by atoms with Gasteiger partial charge in [0.2, 0.25) is 10.0 Å². The van der Waals surface area contributed by atoms with Gasteiger partial charge < -0.3 is 4.90 Å². The molecule has 1 aliphatic rings. The zero-order chi connectivity index (χ0) is 22.3. The molecule has 1 aliphatic carbocycles. The largest absolute Gasteiger partial charge is 0.378 e. The van der Waals surface area contributed by atoms with Crippen molar-refractivity contribution < 1.29 is 13.2 Å². The van der Waals surface area contributed by atoms with Gasteiger partial charge in [-0.25, -0.2) is 13.8 Å². The Bertz CT molecular complexity index is 983. The van der Waals surface area contributed by atoms with Gasteiger partial charge >= 0.3 is 0 Å². The molecule has 0 radical (unpaired) electrons. The molecule has 1 saturated carbocycles. The lowest BCUT2D eigenvalue weighted by atomic mass is 9.95. The minimum absolute atomic E-state index is 0.174. The summed E-state index contributed by atoms with van der Waals surface area (Å²) in [6.45, 7) is -0.251. The molecule has 1 fully saturated rings. The first-order valence-corrected chi connectivity index (χ1v) is 12.0. The Morgan fingerprint density at radius 2 is 1.68 bits per heavy atom. The van der Waals surface area contributed by atoms with Crippen molar-refractivity contribution in [1.29, 1.82) is 0 Å². The SMILES string of the molecule is CN(C)c1ccc(/C=N/NC(=O)CN(C2CCCCC2)S(=O)(=O)c2ccccc2)cc1. The third-order valence-electron chi connectivity index (χ3n) is 5.44. The Labute approximate surface area is 184 Å². The van der Waals surface area contributed by atoms with Crippen LogP contribution in [0, 0.1) is 0 Å². The maximum atomic E-state index is 13.3. The Morgan fingerprint density at radius 1 is 1.03 bits per heavy atom. The maximum absolute atomic E-state index is 13.3. The number of amides is 1. The van der Waals surface area contributed by atoms with E-state index in [4.69, 9.17) is 0 Å². The van der Waals surface area contributed by atoms with Crippen LogP contribution in [0.1, 0.15) is 37.7 Å². The number of anilines is 1. The van der Waals surface area contributed by atoms with Gasteiger partial charge in [-0.2, -0.15) is 9.41 Å². The number of hydrogen-bond donors (Lipinski definition) is 1. The molecule has 1 amide bonds. The van der Waals surface area contributed by atoms with Crippen molar-refractivity contribution in [2.24, 2.45) is 5.10 Å². The van der Waals surface area contributed by atoms with Crippen LogP contribution in [-0.4, -0.2) is 51.5 Å². The number of hydrogen-bond acceptors (Lipinski definition) is 5. The highest BCUT2D eigenvalue weighted by Crippen LogP contribution is 2.27. The zero-order valence-corrected chi connectivity index (χ0v) is 18.9. The minimum atomic E-state index is -3.77. The Morgan fingerprint density at radius 3 is 2.29 bits per heavy atom. The van der Waals surface area contributed by atoms with Crippen molar-refractivity contribution in [3.63, 3.8) is 0 Å². The summed E-state index contributed by atoms with van der Waals surface area (Å²) in [5.41, 5.74) is 4.38. The number of nitrogens with one attached hydrogen (secondary N) is 1. The number of sulfonamides is 1. The summed E-state index contributed by atoms with van der Waals surface area (Å²) >= 11 is 0. The van der Waals surface area contributed by atoms with Gasteiger partial charge in [0, 0.05) is 25.8 Å². The standard InChI is InChI=1S/C23H30N4O3S/c1-26(2)20-15-13-19(14-16-20)17-24-25-23(28)18-27(21-9-5-3-6-10-21)31(29,30)22-11-7-4-8-12-22/h4,7-8,11-17,21H,3,5-6,9-10,18H2,1-2H3,(H,25,28)/b24-17+. The van der Waals surface area contributed by atoms with E-state index < -0.39 is 15.9 Å². The quantitative estimate of drug-likeness (QED) is 0.503. The summed E-state index contributed by atoms with van der Waals surface area (Å²) in [6, 6.07) is 15.8. The molecule has 1 N–H and O–H groups in total. The van der Waals surface area contributed by atoms with Gasteiger partial charge in [-0.15, -0.1) is 0 Å². The van der Waals surface area contributed by atoms with Crippen LogP contribution >= 0.6 is 0 Å². The lowest BCUT2D eigenvalue weighted by molar-refractivity contribution is -0.121. The molecule has 0 saturated heterocycles. The summed E-state index contributed by atoms with van der Waals surface area (Å²) in [6.07, 6.45) is 6.11. The smallest absolute Gasteiger partial charge is 0.255 e. The van der Waals surface area contributed by atoms with Crippen LogP contribution in [0.25, 0.3) is 0 Å². The molecule has 31 heavy (non-hydrogen) atoms. The molecule has 7 nitrogen and oxygen atoms in total. The molecular weight excluding hydrogens is 412 g/mol. The van der Waals surface area contributed by atoms with Crippen molar-refractivity contribution in [3.05, 3.63) is 60.2 Å². The highest BCUT2D eigenvalue weighted by atomic mass is 32.2. The van der Waals surface area contributed by atoms with E-state index >= 15 is 0 Å². The number of rotatable bonds is 8. The van der Waals surface area contributed by atoms with E-state index in [0.29, 0.717) is 0 Å². The molecule has 0 spiro atoms. The normalized spacial score (nSPS) is 15.3. The molecule has 2 aromatic carbocycles. The second-order valence-electron chi connectivity index (χ2n) is 7.93.